The zero-order valence-corrected chi connectivity index (χ0v) is 13.3. The molecule has 2 aromatic carbocycles. The van der Waals surface area contributed by atoms with Crippen LogP contribution in [0.2, 0.25) is 5.02 Å². The molecular formula is C18H19ClN2O. The van der Waals surface area contributed by atoms with Gasteiger partial charge in [0.05, 0.1) is 5.69 Å². The quantitative estimate of drug-likeness (QED) is 0.848. The van der Waals surface area contributed by atoms with Crippen LogP contribution in [0.3, 0.4) is 0 Å². The van der Waals surface area contributed by atoms with Crippen molar-refractivity contribution < 1.29 is 0 Å². The van der Waals surface area contributed by atoms with Crippen LogP contribution in [-0.4, -0.2) is 25.7 Å². The number of anilines is 2. The van der Waals surface area contributed by atoms with E-state index in [1.165, 1.54) is 5.69 Å². The molecule has 1 aliphatic heterocycles. The van der Waals surface area contributed by atoms with Gasteiger partial charge in [0.1, 0.15) is 0 Å². The van der Waals surface area contributed by atoms with Crippen molar-refractivity contribution in [1.82, 2.24) is 0 Å². The van der Waals surface area contributed by atoms with E-state index in [4.69, 9.17) is 11.6 Å². The van der Waals surface area contributed by atoms with Gasteiger partial charge in [-0.15, -0.1) is 0 Å². The maximum Gasteiger partial charge on any atom is 0.201 e. The van der Waals surface area contributed by atoms with Gasteiger partial charge >= 0.3 is 0 Å². The molecule has 1 unspecified atom stereocenters. The van der Waals surface area contributed by atoms with Crippen molar-refractivity contribution in [3.05, 3.63) is 69.8 Å². The number of rotatable bonds is 2. The fourth-order valence-corrected chi connectivity index (χ4v) is 3.09. The first-order valence-electron chi connectivity index (χ1n) is 7.51. The van der Waals surface area contributed by atoms with Crippen LogP contribution in [0, 0.1) is 0 Å². The molecule has 1 aliphatic rings. The van der Waals surface area contributed by atoms with Gasteiger partial charge in [0.25, 0.3) is 0 Å². The number of benzene rings is 1. The van der Waals surface area contributed by atoms with Gasteiger partial charge in [-0.2, -0.15) is 0 Å². The Bertz CT molecular complexity index is 702. The molecule has 0 aliphatic carbocycles. The highest BCUT2D eigenvalue weighted by atomic mass is 35.5. The third-order valence-electron chi connectivity index (χ3n) is 4.11. The Hall–Kier alpha value is -2.00. The first-order valence-corrected chi connectivity index (χ1v) is 7.89. The Morgan fingerprint density at radius 3 is 2.45 bits per heavy atom. The van der Waals surface area contributed by atoms with Gasteiger partial charge < -0.3 is 9.80 Å². The van der Waals surface area contributed by atoms with Crippen molar-refractivity contribution in [2.24, 2.45) is 0 Å². The molecule has 0 N–H and O–H groups in total. The van der Waals surface area contributed by atoms with Gasteiger partial charge in [-0.3, -0.25) is 4.79 Å². The van der Waals surface area contributed by atoms with Crippen molar-refractivity contribution in [3.63, 3.8) is 0 Å². The van der Waals surface area contributed by atoms with Crippen LogP contribution in [-0.2, 0) is 0 Å². The predicted octanol–water partition coefficient (Wildman–Crippen LogP) is 3.42. The minimum Gasteiger partial charge on any atom is -0.368 e. The van der Waals surface area contributed by atoms with E-state index >= 15 is 0 Å². The molecule has 22 heavy (non-hydrogen) atoms. The average Bonchev–Trinajstić information content (AvgIpc) is 2.73. The predicted molar refractivity (Wildman–Crippen MR) is 93.2 cm³/mol. The van der Waals surface area contributed by atoms with Crippen LogP contribution in [0.25, 0.3) is 0 Å². The second-order valence-electron chi connectivity index (χ2n) is 5.63. The smallest absolute Gasteiger partial charge is 0.201 e. The SMILES string of the molecule is CC1CN(c2ccc(Cl)cc2)CCN1c1cccccc1=O. The maximum absolute atomic E-state index is 12.2. The first kappa shape index (κ1) is 14.9. The number of nitrogens with zero attached hydrogens (tertiary/aromatic N) is 2. The lowest BCUT2D eigenvalue weighted by Crippen LogP contribution is -2.53. The van der Waals surface area contributed by atoms with E-state index in [1.807, 2.05) is 42.5 Å². The van der Waals surface area contributed by atoms with Crippen molar-refractivity contribution in [2.45, 2.75) is 13.0 Å². The molecule has 1 fully saturated rings. The highest BCUT2D eigenvalue weighted by Gasteiger charge is 2.25. The van der Waals surface area contributed by atoms with Crippen LogP contribution < -0.4 is 15.2 Å². The van der Waals surface area contributed by atoms with Crippen LogP contribution in [0.5, 0.6) is 0 Å². The lowest BCUT2D eigenvalue weighted by Gasteiger charge is -2.41. The summed E-state index contributed by atoms with van der Waals surface area (Å²) >= 11 is 5.95. The Kier molecular flexibility index (Phi) is 4.34. The zero-order chi connectivity index (χ0) is 15.5. The average molecular weight is 315 g/mol. The molecule has 0 saturated carbocycles. The summed E-state index contributed by atoms with van der Waals surface area (Å²) in [6, 6.07) is 17.4. The van der Waals surface area contributed by atoms with Gasteiger partial charge in [0.15, 0.2) is 0 Å². The zero-order valence-electron chi connectivity index (χ0n) is 12.6. The number of hydrogen-bond acceptors (Lipinski definition) is 3. The third kappa shape index (κ3) is 3.09. The van der Waals surface area contributed by atoms with Crippen molar-refractivity contribution in [1.29, 1.82) is 0 Å². The number of piperazine rings is 1. The van der Waals surface area contributed by atoms with Crippen LogP contribution >= 0.6 is 11.6 Å². The lowest BCUT2D eigenvalue weighted by atomic mass is 10.1. The van der Waals surface area contributed by atoms with E-state index in [1.54, 1.807) is 12.1 Å². The first-order chi connectivity index (χ1) is 10.6. The summed E-state index contributed by atoms with van der Waals surface area (Å²) in [5.74, 6) is 0. The molecule has 3 nitrogen and oxygen atoms in total. The standard InChI is InChI=1S/C18H19ClN2O/c1-14-13-20(16-9-7-15(19)8-10-16)11-12-21(14)17-5-3-2-4-6-18(17)22/h2-10,14H,11-13H2,1H3. The molecule has 1 atom stereocenters. The summed E-state index contributed by atoms with van der Waals surface area (Å²) in [6.07, 6.45) is 0. The molecule has 0 amide bonds. The fourth-order valence-electron chi connectivity index (χ4n) is 2.96. The minimum absolute atomic E-state index is 0.0804. The molecule has 114 valence electrons. The largest absolute Gasteiger partial charge is 0.368 e. The summed E-state index contributed by atoms with van der Waals surface area (Å²) in [5.41, 5.74) is 2.04. The Morgan fingerprint density at radius 2 is 1.73 bits per heavy atom. The van der Waals surface area contributed by atoms with Crippen molar-refractivity contribution >= 4 is 23.0 Å². The molecule has 0 radical (unpaired) electrons. The van der Waals surface area contributed by atoms with Crippen molar-refractivity contribution in [3.8, 4) is 0 Å². The Morgan fingerprint density at radius 1 is 1.00 bits per heavy atom. The summed E-state index contributed by atoms with van der Waals surface area (Å²) < 4.78 is 0. The number of halogens is 1. The van der Waals surface area contributed by atoms with E-state index in [-0.39, 0.29) is 11.5 Å². The minimum atomic E-state index is 0.0804. The highest BCUT2D eigenvalue weighted by molar-refractivity contribution is 6.30. The molecule has 3 rings (SSSR count). The van der Waals surface area contributed by atoms with Gasteiger partial charge in [-0.05, 0) is 43.3 Å². The van der Waals surface area contributed by atoms with E-state index in [2.05, 4.69) is 16.7 Å². The molecule has 1 saturated heterocycles. The molecule has 2 aromatic rings. The fraction of sp³-hybridized carbons (Fsp3) is 0.278. The van der Waals surface area contributed by atoms with E-state index in [9.17, 15) is 4.79 Å². The second-order valence-corrected chi connectivity index (χ2v) is 6.06. The van der Waals surface area contributed by atoms with Crippen LogP contribution in [0.4, 0.5) is 11.4 Å². The summed E-state index contributed by atoms with van der Waals surface area (Å²) in [6.45, 7) is 4.78. The second kappa shape index (κ2) is 6.41. The van der Waals surface area contributed by atoms with E-state index in [0.717, 1.165) is 30.3 Å². The van der Waals surface area contributed by atoms with Crippen LogP contribution in [0.15, 0.2) is 59.4 Å². The maximum atomic E-state index is 12.2. The summed E-state index contributed by atoms with van der Waals surface area (Å²) in [4.78, 5) is 16.7. The topological polar surface area (TPSA) is 23.6 Å². The Labute approximate surface area is 135 Å². The lowest BCUT2D eigenvalue weighted by molar-refractivity contribution is 0.550. The molecule has 4 heteroatoms. The Balaban J connectivity index is 1.79. The third-order valence-corrected chi connectivity index (χ3v) is 4.36. The van der Waals surface area contributed by atoms with E-state index in [0.29, 0.717) is 0 Å². The van der Waals surface area contributed by atoms with E-state index < -0.39 is 0 Å². The van der Waals surface area contributed by atoms with Gasteiger partial charge in [-0.25, -0.2) is 0 Å². The normalized spacial score (nSPS) is 18.4. The van der Waals surface area contributed by atoms with Gasteiger partial charge in [0, 0.05) is 36.4 Å². The van der Waals surface area contributed by atoms with Crippen molar-refractivity contribution in [2.75, 3.05) is 29.4 Å². The molecule has 0 spiro atoms. The number of hydrogen-bond donors (Lipinski definition) is 0. The van der Waals surface area contributed by atoms with Crippen LogP contribution in [0.1, 0.15) is 6.92 Å². The highest BCUT2D eigenvalue weighted by Crippen LogP contribution is 2.23. The molecule has 1 heterocycles. The monoisotopic (exact) mass is 314 g/mol. The molecular weight excluding hydrogens is 296 g/mol. The van der Waals surface area contributed by atoms with Gasteiger partial charge in [0.2, 0.25) is 5.43 Å². The molecule has 0 aromatic heterocycles. The summed E-state index contributed by atoms with van der Waals surface area (Å²) in [5, 5.41) is 0.753. The van der Waals surface area contributed by atoms with Gasteiger partial charge in [-0.1, -0.05) is 29.8 Å². The summed E-state index contributed by atoms with van der Waals surface area (Å²) in [7, 11) is 0. The molecule has 0 bridgehead atoms.